The van der Waals surface area contributed by atoms with Crippen LogP contribution >= 0.6 is 11.6 Å². The molecule has 0 spiro atoms. The topological polar surface area (TPSA) is 55.6 Å². The fraction of sp³-hybridized carbons (Fsp3) is 0.296. The molecule has 32 heavy (non-hydrogen) atoms. The summed E-state index contributed by atoms with van der Waals surface area (Å²) in [7, 11) is 0. The van der Waals surface area contributed by atoms with Crippen LogP contribution in [0.4, 0.5) is 5.69 Å². The van der Waals surface area contributed by atoms with Crippen molar-refractivity contribution in [2.45, 2.75) is 25.8 Å². The van der Waals surface area contributed by atoms with E-state index in [-0.39, 0.29) is 12.0 Å². The van der Waals surface area contributed by atoms with Gasteiger partial charge in [-0.3, -0.25) is 0 Å². The molecule has 0 aromatic heterocycles. The second-order valence-electron chi connectivity index (χ2n) is 8.21. The fourth-order valence-electron chi connectivity index (χ4n) is 4.47. The van der Waals surface area contributed by atoms with Crippen molar-refractivity contribution in [3.8, 4) is 11.1 Å². The number of hydrogen-bond donors (Lipinski definition) is 1. The largest absolute Gasteiger partial charge is 0.462 e. The maximum atomic E-state index is 11.9. The van der Waals surface area contributed by atoms with Gasteiger partial charge in [0.15, 0.2) is 0 Å². The van der Waals surface area contributed by atoms with Gasteiger partial charge in [0.25, 0.3) is 0 Å². The summed E-state index contributed by atoms with van der Waals surface area (Å²) < 4.78 is 5.07. The van der Waals surface area contributed by atoms with Crippen molar-refractivity contribution in [3.63, 3.8) is 0 Å². The van der Waals surface area contributed by atoms with Crippen LogP contribution in [0.2, 0.25) is 5.02 Å². The van der Waals surface area contributed by atoms with Crippen LogP contribution in [-0.2, 0) is 4.74 Å². The third-order valence-electron chi connectivity index (χ3n) is 6.27. The average molecular weight is 449 g/mol. The molecular formula is C27H29ClN2O2. The fourth-order valence-corrected chi connectivity index (χ4v) is 4.60. The monoisotopic (exact) mass is 448 g/mol. The van der Waals surface area contributed by atoms with Crippen LogP contribution in [0.1, 0.15) is 41.7 Å². The highest BCUT2D eigenvalue weighted by Crippen LogP contribution is 2.36. The summed E-state index contributed by atoms with van der Waals surface area (Å²) in [5, 5.41) is 0.734. The first-order valence-electron chi connectivity index (χ1n) is 11.2. The van der Waals surface area contributed by atoms with Crippen molar-refractivity contribution in [3.05, 3.63) is 88.9 Å². The summed E-state index contributed by atoms with van der Waals surface area (Å²) >= 11 is 6.07. The highest BCUT2D eigenvalue weighted by Gasteiger charge is 2.27. The molecule has 4 nitrogen and oxygen atoms in total. The summed E-state index contributed by atoms with van der Waals surface area (Å²) in [6, 6.07) is 24.0. The molecule has 0 radical (unpaired) electrons. The van der Waals surface area contributed by atoms with E-state index in [1.165, 1.54) is 11.1 Å². The van der Waals surface area contributed by atoms with Crippen molar-refractivity contribution in [1.29, 1.82) is 0 Å². The second kappa shape index (κ2) is 10.2. The molecule has 5 heteroatoms. The summed E-state index contributed by atoms with van der Waals surface area (Å²) in [5.74, 6) is 0.140. The van der Waals surface area contributed by atoms with Gasteiger partial charge in [0.1, 0.15) is 0 Å². The van der Waals surface area contributed by atoms with Gasteiger partial charge in [0.2, 0.25) is 0 Å². The van der Waals surface area contributed by atoms with Gasteiger partial charge in [-0.05, 0) is 78.8 Å². The Bertz CT molecular complexity index is 1040. The SMILES string of the molecule is CCOC(=O)c1ccc(N2CCC([C@@H](N)c3ccccc3-c3ccc(Cl)cc3)CC2)cc1. The minimum atomic E-state index is -0.275. The molecule has 1 aliphatic rings. The zero-order valence-electron chi connectivity index (χ0n) is 18.3. The number of carbonyl (C=O) groups excluding carboxylic acids is 1. The average Bonchev–Trinajstić information content (AvgIpc) is 2.84. The molecule has 1 saturated heterocycles. The molecule has 1 heterocycles. The quantitative estimate of drug-likeness (QED) is 0.463. The first-order valence-corrected chi connectivity index (χ1v) is 11.6. The highest BCUT2D eigenvalue weighted by molar-refractivity contribution is 6.30. The van der Waals surface area contributed by atoms with Crippen molar-refractivity contribution in [2.24, 2.45) is 11.7 Å². The van der Waals surface area contributed by atoms with E-state index in [0.717, 1.165) is 42.2 Å². The van der Waals surface area contributed by atoms with Crippen LogP contribution in [-0.4, -0.2) is 25.7 Å². The lowest BCUT2D eigenvalue weighted by Gasteiger charge is -2.36. The van der Waals surface area contributed by atoms with Gasteiger partial charge in [0.05, 0.1) is 12.2 Å². The van der Waals surface area contributed by atoms with Crippen LogP contribution in [0.25, 0.3) is 11.1 Å². The molecule has 1 aliphatic heterocycles. The van der Waals surface area contributed by atoms with Crippen LogP contribution in [0.3, 0.4) is 0 Å². The van der Waals surface area contributed by atoms with Gasteiger partial charge in [-0.1, -0.05) is 48.0 Å². The first-order chi connectivity index (χ1) is 15.6. The van der Waals surface area contributed by atoms with Crippen molar-refractivity contribution in [2.75, 3.05) is 24.6 Å². The number of carbonyl (C=O) groups is 1. The number of nitrogens with zero attached hydrogens (tertiary/aromatic N) is 1. The van der Waals surface area contributed by atoms with Crippen LogP contribution in [0.15, 0.2) is 72.8 Å². The zero-order valence-corrected chi connectivity index (χ0v) is 19.1. The minimum Gasteiger partial charge on any atom is -0.462 e. The van der Waals surface area contributed by atoms with E-state index in [9.17, 15) is 4.79 Å². The van der Waals surface area contributed by atoms with Crippen molar-refractivity contribution < 1.29 is 9.53 Å². The van der Waals surface area contributed by atoms with Gasteiger partial charge < -0.3 is 15.4 Å². The summed E-state index contributed by atoms with van der Waals surface area (Å²) in [5.41, 5.74) is 12.0. The van der Waals surface area contributed by atoms with Gasteiger partial charge in [-0.25, -0.2) is 4.79 Å². The van der Waals surface area contributed by atoms with Crippen molar-refractivity contribution >= 4 is 23.3 Å². The number of ether oxygens (including phenoxy) is 1. The number of piperidine rings is 1. The highest BCUT2D eigenvalue weighted by atomic mass is 35.5. The third kappa shape index (κ3) is 4.98. The molecule has 1 fully saturated rings. The smallest absolute Gasteiger partial charge is 0.338 e. The predicted molar refractivity (Wildman–Crippen MR) is 131 cm³/mol. The van der Waals surface area contributed by atoms with E-state index in [4.69, 9.17) is 22.1 Å². The minimum absolute atomic E-state index is 0.0183. The maximum Gasteiger partial charge on any atom is 0.338 e. The maximum absolute atomic E-state index is 11.9. The van der Waals surface area contributed by atoms with E-state index in [1.54, 1.807) is 0 Å². The van der Waals surface area contributed by atoms with Crippen LogP contribution in [0, 0.1) is 5.92 Å². The number of benzene rings is 3. The van der Waals surface area contributed by atoms with E-state index in [0.29, 0.717) is 18.1 Å². The summed E-state index contributed by atoms with van der Waals surface area (Å²) in [6.07, 6.45) is 2.05. The zero-order chi connectivity index (χ0) is 22.5. The van der Waals surface area contributed by atoms with Crippen molar-refractivity contribution in [1.82, 2.24) is 0 Å². The lowest BCUT2D eigenvalue weighted by molar-refractivity contribution is 0.0526. The number of anilines is 1. The lowest BCUT2D eigenvalue weighted by Crippen LogP contribution is -2.37. The third-order valence-corrected chi connectivity index (χ3v) is 6.52. The summed E-state index contributed by atoms with van der Waals surface area (Å²) in [6.45, 7) is 4.09. The standard InChI is InChI=1S/C27H29ClN2O2/c1-2-32-27(31)21-9-13-23(14-10-21)30-17-15-20(16-18-30)26(29)25-6-4-3-5-24(25)19-7-11-22(28)12-8-19/h3-14,20,26H,2,15-18,29H2,1H3/t26-/m1/s1. The van der Waals surface area contributed by atoms with Gasteiger partial charge >= 0.3 is 5.97 Å². The van der Waals surface area contributed by atoms with Gasteiger partial charge in [-0.2, -0.15) is 0 Å². The summed E-state index contributed by atoms with van der Waals surface area (Å²) in [4.78, 5) is 14.2. The Kier molecular flexibility index (Phi) is 7.13. The molecule has 3 aromatic carbocycles. The van der Waals surface area contributed by atoms with E-state index in [1.807, 2.05) is 43.3 Å². The van der Waals surface area contributed by atoms with E-state index >= 15 is 0 Å². The Balaban J connectivity index is 1.43. The number of halogens is 1. The number of esters is 1. The molecule has 4 rings (SSSR count). The predicted octanol–water partition coefficient (Wildman–Crippen LogP) is 6.10. The molecule has 0 bridgehead atoms. The Hall–Kier alpha value is -2.82. The Morgan fingerprint density at radius 2 is 1.69 bits per heavy atom. The van der Waals surface area contributed by atoms with Crippen LogP contribution < -0.4 is 10.6 Å². The molecule has 166 valence electrons. The molecule has 0 amide bonds. The molecule has 0 aliphatic carbocycles. The number of hydrogen-bond acceptors (Lipinski definition) is 4. The number of nitrogens with two attached hydrogens (primary N) is 1. The Morgan fingerprint density at radius 1 is 1.03 bits per heavy atom. The molecular weight excluding hydrogens is 420 g/mol. The normalized spacial score (nSPS) is 15.4. The second-order valence-corrected chi connectivity index (χ2v) is 8.65. The first kappa shape index (κ1) is 22.4. The molecule has 0 unspecified atom stereocenters. The Morgan fingerprint density at radius 3 is 2.34 bits per heavy atom. The number of rotatable bonds is 6. The molecule has 2 N–H and O–H groups in total. The van der Waals surface area contributed by atoms with Crippen LogP contribution in [0.5, 0.6) is 0 Å². The molecule has 1 atom stereocenters. The van der Waals surface area contributed by atoms with Gasteiger partial charge in [0, 0.05) is 29.8 Å². The Labute approximate surface area is 195 Å². The molecule has 3 aromatic rings. The van der Waals surface area contributed by atoms with Gasteiger partial charge in [-0.15, -0.1) is 0 Å². The lowest BCUT2D eigenvalue weighted by atomic mass is 9.83. The molecule has 0 saturated carbocycles. The van der Waals surface area contributed by atoms with E-state index < -0.39 is 0 Å². The van der Waals surface area contributed by atoms with E-state index in [2.05, 4.69) is 41.3 Å².